The maximum atomic E-state index is 11.9. The van der Waals surface area contributed by atoms with Crippen molar-refractivity contribution >= 4 is 0 Å². The van der Waals surface area contributed by atoms with Crippen LogP contribution in [0.1, 0.15) is 25.7 Å². The summed E-state index contributed by atoms with van der Waals surface area (Å²) in [6.07, 6.45) is -2.75. The number of hydrogen-bond acceptors (Lipinski definition) is 2. The molecule has 14 heavy (non-hydrogen) atoms. The van der Waals surface area contributed by atoms with Gasteiger partial charge in [0.1, 0.15) is 0 Å². The Morgan fingerprint density at radius 1 is 1.43 bits per heavy atom. The van der Waals surface area contributed by atoms with Crippen LogP contribution in [0.15, 0.2) is 0 Å². The maximum absolute atomic E-state index is 11.9. The highest BCUT2D eigenvalue weighted by atomic mass is 19.4. The lowest BCUT2D eigenvalue weighted by molar-refractivity contribution is -0.138. The molecule has 2 nitrogen and oxygen atoms in total. The molecule has 0 N–H and O–H groups in total. The Labute approximate surface area is 81.3 Å². The van der Waals surface area contributed by atoms with Gasteiger partial charge in [-0.25, -0.2) is 0 Å². The lowest BCUT2D eigenvalue weighted by Gasteiger charge is -2.22. The summed E-state index contributed by atoms with van der Waals surface area (Å²) in [4.78, 5) is 1.77. The average molecular weight is 206 g/mol. The molecule has 0 aliphatic carbocycles. The Morgan fingerprint density at radius 2 is 2.14 bits per heavy atom. The SMILES string of the molecule is N#CCC1CCCN1CCC(F)(F)F. The minimum atomic E-state index is -4.08. The van der Waals surface area contributed by atoms with E-state index in [2.05, 4.69) is 0 Å². The molecule has 0 saturated carbocycles. The topological polar surface area (TPSA) is 27.0 Å². The van der Waals surface area contributed by atoms with Crippen LogP contribution in [0.4, 0.5) is 13.2 Å². The van der Waals surface area contributed by atoms with Gasteiger partial charge in [-0.15, -0.1) is 0 Å². The normalized spacial score (nSPS) is 23.7. The highest BCUT2D eigenvalue weighted by Gasteiger charge is 2.31. The molecule has 1 aliphatic rings. The molecule has 0 aromatic carbocycles. The molecule has 1 atom stereocenters. The van der Waals surface area contributed by atoms with Gasteiger partial charge in [-0.2, -0.15) is 18.4 Å². The fourth-order valence-electron chi connectivity index (χ4n) is 1.80. The molecule has 0 bridgehead atoms. The first-order valence-corrected chi connectivity index (χ1v) is 4.70. The molecule has 1 heterocycles. The standard InChI is InChI=1S/C9H13F3N2/c10-9(11,12)4-7-14-6-1-2-8(14)3-5-13/h8H,1-4,6-7H2. The van der Waals surface area contributed by atoms with Crippen molar-refractivity contribution in [2.24, 2.45) is 0 Å². The molecule has 1 aliphatic heterocycles. The first-order valence-electron chi connectivity index (χ1n) is 4.70. The molecule has 1 unspecified atom stereocenters. The highest BCUT2D eigenvalue weighted by Crippen LogP contribution is 2.24. The van der Waals surface area contributed by atoms with Gasteiger partial charge in [-0.1, -0.05) is 0 Å². The molecular weight excluding hydrogens is 193 g/mol. The van der Waals surface area contributed by atoms with Gasteiger partial charge < -0.3 is 0 Å². The van der Waals surface area contributed by atoms with Crippen molar-refractivity contribution in [2.45, 2.75) is 37.9 Å². The van der Waals surface area contributed by atoms with Crippen molar-refractivity contribution in [2.75, 3.05) is 13.1 Å². The first kappa shape index (κ1) is 11.3. The molecule has 1 fully saturated rings. The van der Waals surface area contributed by atoms with E-state index in [1.54, 1.807) is 4.90 Å². The second-order valence-corrected chi connectivity index (χ2v) is 3.56. The van der Waals surface area contributed by atoms with E-state index in [4.69, 9.17) is 5.26 Å². The van der Waals surface area contributed by atoms with Crippen LogP contribution >= 0.6 is 0 Å². The smallest absolute Gasteiger partial charge is 0.299 e. The Morgan fingerprint density at radius 3 is 2.71 bits per heavy atom. The summed E-state index contributed by atoms with van der Waals surface area (Å²) < 4.78 is 35.8. The molecule has 0 aromatic rings. The number of nitriles is 1. The molecule has 80 valence electrons. The summed E-state index contributed by atoms with van der Waals surface area (Å²) in [7, 11) is 0. The van der Waals surface area contributed by atoms with E-state index in [1.807, 2.05) is 6.07 Å². The number of alkyl halides is 3. The molecule has 0 aromatic heterocycles. The predicted octanol–water partition coefficient (Wildman–Crippen LogP) is 2.32. The monoisotopic (exact) mass is 206 g/mol. The molecule has 0 spiro atoms. The molecule has 0 radical (unpaired) electrons. The molecular formula is C9H13F3N2. The minimum Gasteiger partial charge on any atom is -0.299 e. The van der Waals surface area contributed by atoms with Crippen molar-refractivity contribution in [3.63, 3.8) is 0 Å². The number of likely N-dealkylation sites (tertiary alicyclic amines) is 1. The van der Waals surface area contributed by atoms with Gasteiger partial charge in [-0.3, -0.25) is 4.90 Å². The van der Waals surface area contributed by atoms with Crippen LogP contribution in [-0.4, -0.2) is 30.2 Å². The van der Waals surface area contributed by atoms with E-state index < -0.39 is 12.6 Å². The van der Waals surface area contributed by atoms with Crippen molar-refractivity contribution < 1.29 is 13.2 Å². The van der Waals surface area contributed by atoms with E-state index in [0.29, 0.717) is 13.0 Å². The lowest BCUT2D eigenvalue weighted by atomic mass is 10.1. The van der Waals surface area contributed by atoms with Gasteiger partial charge in [0.25, 0.3) is 0 Å². The summed E-state index contributed by atoms with van der Waals surface area (Å²) in [5.41, 5.74) is 0. The van der Waals surface area contributed by atoms with Crippen LogP contribution in [0, 0.1) is 11.3 Å². The van der Waals surface area contributed by atoms with Crippen molar-refractivity contribution in [3.8, 4) is 6.07 Å². The van der Waals surface area contributed by atoms with E-state index in [1.165, 1.54) is 0 Å². The van der Waals surface area contributed by atoms with E-state index >= 15 is 0 Å². The molecule has 1 saturated heterocycles. The van der Waals surface area contributed by atoms with Crippen LogP contribution in [0.5, 0.6) is 0 Å². The Kier molecular flexibility index (Phi) is 3.76. The first-order chi connectivity index (χ1) is 6.53. The van der Waals surface area contributed by atoms with Crippen LogP contribution < -0.4 is 0 Å². The minimum absolute atomic E-state index is 0.0375. The third-order valence-corrected chi connectivity index (χ3v) is 2.51. The van der Waals surface area contributed by atoms with Crippen molar-refractivity contribution in [3.05, 3.63) is 0 Å². The van der Waals surface area contributed by atoms with Crippen LogP contribution in [-0.2, 0) is 0 Å². The molecule has 0 amide bonds. The fourth-order valence-corrected chi connectivity index (χ4v) is 1.80. The van der Waals surface area contributed by atoms with Crippen LogP contribution in [0.2, 0.25) is 0 Å². The number of nitrogens with zero attached hydrogens (tertiary/aromatic N) is 2. The summed E-state index contributed by atoms with van der Waals surface area (Å²) >= 11 is 0. The number of rotatable bonds is 3. The predicted molar refractivity (Wildman–Crippen MR) is 45.5 cm³/mol. The lowest BCUT2D eigenvalue weighted by Crippen LogP contribution is -2.32. The Balaban J connectivity index is 2.33. The summed E-state index contributed by atoms with van der Waals surface area (Å²) in [6.45, 7) is 0.734. The van der Waals surface area contributed by atoms with Gasteiger partial charge in [0, 0.05) is 12.6 Å². The third kappa shape index (κ3) is 3.54. The van der Waals surface area contributed by atoms with Gasteiger partial charge in [0.15, 0.2) is 0 Å². The van der Waals surface area contributed by atoms with Crippen LogP contribution in [0.3, 0.4) is 0 Å². The van der Waals surface area contributed by atoms with Crippen molar-refractivity contribution in [1.82, 2.24) is 4.90 Å². The summed E-state index contributed by atoms with van der Waals surface area (Å²) in [6, 6.07) is 2.06. The van der Waals surface area contributed by atoms with Crippen molar-refractivity contribution in [1.29, 1.82) is 5.26 Å². The second kappa shape index (κ2) is 4.65. The van der Waals surface area contributed by atoms with Gasteiger partial charge in [0.05, 0.1) is 18.9 Å². The molecule has 1 rings (SSSR count). The Bertz CT molecular complexity index is 219. The van der Waals surface area contributed by atoms with E-state index in [-0.39, 0.29) is 12.6 Å². The highest BCUT2D eigenvalue weighted by molar-refractivity contribution is 4.87. The zero-order valence-corrected chi connectivity index (χ0v) is 7.85. The average Bonchev–Trinajstić information content (AvgIpc) is 2.48. The Hall–Kier alpha value is -0.760. The zero-order valence-electron chi connectivity index (χ0n) is 7.85. The van der Waals surface area contributed by atoms with Gasteiger partial charge in [0.2, 0.25) is 0 Å². The van der Waals surface area contributed by atoms with Gasteiger partial charge >= 0.3 is 6.18 Å². The van der Waals surface area contributed by atoms with Crippen LogP contribution in [0.25, 0.3) is 0 Å². The second-order valence-electron chi connectivity index (χ2n) is 3.56. The largest absolute Gasteiger partial charge is 0.390 e. The van der Waals surface area contributed by atoms with E-state index in [9.17, 15) is 13.2 Å². The fraction of sp³-hybridized carbons (Fsp3) is 0.889. The quantitative estimate of drug-likeness (QED) is 0.708. The van der Waals surface area contributed by atoms with Gasteiger partial charge in [-0.05, 0) is 19.4 Å². The third-order valence-electron chi connectivity index (χ3n) is 2.51. The number of hydrogen-bond donors (Lipinski definition) is 0. The summed E-state index contributed by atoms with van der Waals surface area (Å²) in [5, 5.41) is 8.47. The summed E-state index contributed by atoms with van der Waals surface area (Å²) in [5.74, 6) is 0. The molecule has 5 heteroatoms. The van der Waals surface area contributed by atoms with E-state index in [0.717, 1.165) is 12.8 Å². The number of halogens is 3. The zero-order chi connectivity index (χ0) is 10.6. The maximum Gasteiger partial charge on any atom is 0.390 e.